The molecule has 0 heterocycles. The van der Waals surface area contributed by atoms with Gasteiger partial charge in [-0.15, -0.1) is 12.3 Å². The summed E-state index contributed by atoms with van der Waals surface area (Å²) in [6.45, 7) is 9.56. The standard InChI is InChI=1S/C20H28O3/c1-7-8-9-10-17(22)14-11-15(19(2,3)4)18(23)16(12-14)20(5,6)13-21/h1,11-12,21,23H,8-10,13H2,2-6H3. The highest BCUT2D eigenvalue weighted by Crippen LogP contribution is 2.40. The van der Waals surface area contributed by atoms with Gasteiger partial charge in [-0.1, -0.05) is 34.6 Å². The first-order valence-electron chi connectivity index (χ1n) is 8.00. The Morgan fingerprint density at radius 1 is 1.17 bits per heavy atom. The average molecular weight is 316 g/mol. The van der Waals surface area contributed by atoms with Crippen molar-refractivity contribution >= 4 is 5.78 Å². The van der Waals surface area contributed by atoms with E-state index in [0.29, 0.717) is 30.4 Å². The number of aliphatic hydroxyl groups excluding tert-OH is 1. The summed E-state index contributed by atoms with van der Waals surface area (Å²) in [5, 5.41) is 20.3. The number of aromatic hydroxyl groups is 1. The molecule has 1 rings (SSSR count). The number of hydrogen-bond donors (Lipinski definition) is 2. The van der Waals surface area contributed by atoms with Gasteiger partial charge in [0.25, 0.3) is 0 Å². The van der Waals surface area contributed by atoms with Crippen molar-refractivity contribution < 1.29 is 15.0 Å². The van der Waals surface area contributed by atoms with Crippen LogP contribution in [0.5, 0.6) is 5.75 Å². The van der Waals surface area contributed by atoms with Crippen molar-refractivity contribution in [1.29, 1.82) is 0 Å². The number of ketones is 1. The largest absolute Gasteiger partial charge is 0.507 e. The molecule has 0 amide bonds. The van der Waals surface area contributed by atoms with E-state index in [4.69, 9.17) is 6.42 Å². The number of phenols is 1. The minimum Gasteiger partial charge on any atom is -0.507 e. The first-order chi connectivity index (χ1) is 10.5. The summed E-state index contributed by atoms with van der Waals surface area (Å²) in [5.74, 6) is 2.72. The fraction of sp³-hybridized carbons (Fsp3) is 0.550. The van der Waals surface area contributed by atoms with Crippen LogP contribution in [-0.4, -0.2) is 22.6 Å². The van der Waals surface area contributed by atoms with Gasteiger partial charge in [0.05, 0.1) is 6.61 Å². The lowest BCUT2D eigenvalue weighted by Crippen LogP contribution is -2.24. The molecular weight excluding hydrogens is 288 g/mol. The number of aliphatic hydroxyl groups is 1. The predicted molar refractivity (Wildman–Crippen MR) is 93.9 cm³/mol. The molecule has 0 bridgehead atoms. The Hall–Kier alpha value is -1.79. The van der Waals surface area contributed by atoms with E-state index in [1.165, 1.54) is 0 Å². The van der Waals surface area contributed by atoms with Crippen molar-refractivity contribution in [3.05, 3.63) is 28.8 Å². The Bertz CT molecular complexity index is 613. The number of phenolic OH excluding ortho intramolecular Hbond substituents is 1. The Balaban J connectivity index is 3.41. The quantitative estimate of drug-likeness (QED) is 0.475. The zero-order valence-corrected chi connectivity index (χ0v) is 14.9. The monoisotopic (exact) mass is 316 g/mol. The molecule has 2 N–H and O–H groups in total. The van der Waals surface area contributed by atoms with E-state index in [1.807, 2.05) is 34.6 Å². The minimum atomic E-state index is -0.626. The van der Waals surface area contributed by atoms with Crippen molar-refractivity contribution in [3.8, 4) is 18.1 Å². The van der Waals surface area contributed by atoms with Gasteiger partial charge in [0.1, 0.15) is 5.75 Å². The normalized spacial score (nSPS) is 12.0. The summed E-state index contributed by atoms with van der Waals surface area (Å²) in [6, 6.07) is 3.48. The van der Waals surface area contributed by atoms with Gasteiger partial charge >= 0.3 is 0 Å². The number of carbonyl (C=O) groups is 1. The lowest BCUT2D eigenvalue weighted by molar-refractivity contribution is 0.0980. The summed E-state index contributed by atoms with van der Waals surface area (Å²) >= 11 is 0. The highest BCUT2D eigenvalue weighted by molar-refractivity contribution is 5.97. The fourth-order valence-electron chi connectivity index (χ4n) is 2.46. The highest BCUT2D eigenvalue weighted by atomic mass is 16.3. The Kier molecular flexibility index (Phi) is 6.02. The molecule has 3 nitrogen and oxygen atoms in total. The summed E-state index contributed by atoms with van der Waals surface area (Å²) in [5.41, 5.74) is 0.962. The molecule has 1 aromatic carbocycles. The second kappa shape index (κ2) is 7.19. The van der Waals surface area contributed by atoms with Gasteiger partial charge in [0.2, 0.25) is 0 Å². The zero-order valence-electron chi connectivity index (χ0n) is 14.9. The molecule has 0 aliphatic rings. The molecule has 23 heavy (non-hydrogen) atoms. The van der Waals surface area contributed by atoms with Crippen molar-refractivity contribution in [2.45, 2.75) is 64.7 Å². The minimum absolute atomic E-state index is 0.0146. The SMILES string of the molecule is C#CCCCC(=O)c1cc(C(C)(C)C)c(O)c(C(C)(C)CO)c1. The summed E-state index contributed by atoms with van der Waals surface area (Å²) in [7, 11) is 0. The molecule has 0 radical (unpaired) electrons. The van der Waals surface area contributed by atoms with Crippen molar-refractivity contribution in [2.75, 3.05) is 6.61 Å². The number of benzene rings is 1. The molecule has 3 heteroatoms. The molecular formula is C20H28O3. The van der Waals surface area contributed by atoms with Gasteiger partial charge in [-0.2, -0.15) is 0 Å². The second-order valence-corrected chi connectivity index (χ2v) is 7.69. The number of carbonyl (C=O) groups excluding carboxylic acids is 1. The maximum Gasteiger partial charge on any atom is 0.162 e. The number of Topliss-reactive ketones (excluding diaryl/α,β-unsaturated/α-hetero) is 1. The molecule has 0 aliphatic carbocycles. The van der Waals surface area contributed by atoms with Gasteiger partial charge < -0.3 is 10.2 Å². The van der Waals surface area contributed by atoms with Gasteiger partial charge in [-0.05, 0) is 24.0 Å². The number of hydrogen-bond acceptors (Lipinski definition) is 3. The maximum absolute atomic E-state index is 12.5. The Morgan fingerprint density at radius 3 is 2.22 bits per heavy atom. The van der Waals surface area contributed by atoms with Crippen LogP contribution >= 0.6 is 0 Å². The third kappa shape index (κ3) is 4.59. The molecule has 0 unspecified atom stereocenters. The summed E-state index contributed by atoms with van der Waals surface area (Å²) < 4.78 is 0. The topological polar surface area (TPSA) is 57.5 Å². The van der Waals surface area contributed by atoms with Crippen LogP contribution in [0.2, 0.25) is 0 Å². The van der Waals surface area contributed by atoms with Crippen molar-refractivity contribution in [2.24, 2.45) is 0 Å². The van der Waals surface area contributed by atoms with Gasteiger partial charge in [-0.3, -0.25) is 4.79 Å². The van der Waals surface area contributed by atoms with Crippen LogP contribution in [0.15, 0.2) is 12.1 Å². The van der Waals surface area contributed by atoms with Crippen LogP contribution in [-0.2, 0) is 10.8 Å². The van der Waals surface area contributed by atoms with Gasteiger partial charge in [-0.25, -0.2) is 0 Å². The van der Waals surface area contributed by atoms with E-state index in [-0.39, 0.29) is 23.6 Å². The third-order valence-electron chi connectivity index (χ3n) is 4.09. The first-order valence-corrected chi connectivity index (χ1v) is 8.00. The summed E-state index contributed by atoms with van der Waals surface area (Å²) in [4.78, 5) is 12.5. The predicted octanol–water partition coefficient (Wildman–Crippen LogP) is 3.95. The lowest BCUT2D eigenvalue weighted by Gasteiger charge is -2.29. The number of unbranched alkanes of at least 4 members (excludes halogenated alkanes) is 1. The molecule has 0 saturated heterocycles. The molecule has 0 saturated carbocycles. The van der Waals surface area contributed by atoms with Crippen LogP contribution < -0.4 is 0 Å². The average Bonchev–Trinajstić information content (AvgIpc) is 2.46. The van der Waals surface area contributed by atoms with Gasteiger partial charge in [0.15, 0.2) is 5.78 Å². The van der Waals surface area contributed by atoms with E-state index in [1.54, 1.807) is 12.1 Å². The maximum atomic E-state index is 12.5. The first kappa shape index (κ1) is 19.3. The van der Waals surface area contributed by atoms with Gasteiger partial charge in [0, 0.05) is 34.9 Å². The van der Waals surface area contributed by atoms with E-state index in [9.17, 15) is 15.0 Å². The number of terminal acetylenes is 1. The zero-order chi connectivity index (χ0) is 17.8. The number of rotatable bonds is 6. The highest BCUT2D eigenvalue weighted by Gasteiger charge is 2.29. The van der Waals surface area contributed by atoms with Crippen LogP contribution in [0.4, 0.5) is 0 Å². The van der Waals surface area contributed by atoms with Crippen molar-refractivity contribution in [1.82, 2.24) is 0 Å². The third-order valence-corrected chi connectivity index (χ3v) is 4.09. The van der Waals surface area contributed by atoms with E-state index < -0.39 is 5.41 Å². The molecule has 126 valence electrons. The van der Waals surface area contributed by atoms with Crippen LogP contribution in [0, 0.1) is 12.3 Å². The van der Waals surface area contributed by atoms with Crippen LogP contribution in [0.3, 0.4) is 0 Å². The van der Waals surface area contributed by atoms with Crippen LogP contribution in [0.1, 0.15) is 75.4 Å². The van der Waals surface area contributed by atoms with Crippen LogP contribution in [0.25, 0.3) is 0 Å². The molecule has 1 aromatic rings. The van der Waals surface area contributed by atoms with E-state index >= 15 is 0 Å². The van der Waals surface area contributed by atoms with E-state index in [0.717, 1.165) is 5.56 Å². The summed E-state index contributed by atoms with van der Waals surface area (Å²) in [6.07, 6.45) is 6.84. The second-order valence-electron chi connectivity index (χ2n) is 7.69. The molecule has 0 aliphatic heterocycles. The molecule has 0 aromatic heterocycles. The molecule has 0 atom stereocenters. The smallest absolute Gasteiger partial charge is 0.162 e. The Morgan fingerprint density at radius 2 is 1.74 bits per heavy atom. The van der Waals surface area contributed by atoms with Crippen molar-refractivity contribution in [3.63, 3.8) is 0 Å². The molecule has 0 fully saturated rings. The Labute approximate surface area is 139 Å². The fourth-order valence-corrected chi connectivity index (χ4v) is 2.46. The molecule has 0 spiro atoms. The lowest BCUT2D eigenvalue weighted by atomic mass is 9.77. The van der Waals surface area contributed by atoms with E-state index in [2.05, 4.69) is 5.92 Å².